The van der Waals surface area contributed by atoms with Crippen LogP contribution >= 0.6 is 11.8 Å². The van der Waals surface area contributed by atoms with Crippen LogP contribution in [0.25, 0.3) is 0 Å². The molecule has 0 aromatic heterocycles. The molecule has 0 fully saturated rings. The SMILES string of the molecule is N#CCC(O)c1cccc(SCc2ccccc2)c1. The molecule has 0 saturated carbocycles. The van der Waals surface area contributed by atoms with E-state index in [-0.39, 0.29) is 6.42 Å². The van der Waals surface area contributed by atoms with Gasteiger partial charge in [-0.3, -0.25) is 0 Å². The van der Waals surface area contributed by atoms with Crippen LogP contribution in [0.2, 0.25) is 0 Å². The molecule has 2 aromatic rings. The minimum atomic E-state index is -0.692. The number of benzene rings is 2. The van der Waals surface area contributed by atoms with Crippen molar-refractivity contribution in [3.05, 3.63) is 65.7 Å². The van der Waals surface area contributed by atoms with Gasteiger partial charge in [-0.05, 0) is 23.3 Å². The normalized spacial score (nSPS) is 11.8. The molecule has 0 aliphatic carbocycles. The van der Waals surface area contributed by atoms with Crippen molar-refractivity contribution >= 4 is 11.8 Å². The van der Waals surface area contributed by atoms with Gasteiger partial charge in [0.05, 0.1) is 18.6 Å². The number of nitriles is 1. The Morgan fingerprint density at radius 2 is 1.89 bits per heavy atom. The average Bonchev–Trinajstić information content (AvgIpc) is 2.47. The van der Waals surface area contributed by atoms with Crippen LogP contribution in [0.1, 0.15) is 23.7 Å². The molecule has 2 aromatic carbocycles. The summed E-state index contributed by atoms with van der Waals surface area (Å²) in [7, 11) is 0. The molecule has 2 nitrogen and oxygen atoms in total. The predicted octanol–water partition coefficient (Wildman–Crippen LogP) is 3.93. The second-order valence-corrected chi connectivity index (χ2v) is 5.27. The van der Waals surface area contributed by atoms with Gasteiger partial charge in [-0.25, -0.2) is 0 Å². The first-order chi connectivity index (χ1) is 9.29. The fourth-order valence-electron chi connectivity index (χ4n) is 1.76. The summed E-state index contributed by atoms with van der Waals surface area (Å²) in [6, 6.07) is 20.0. The van der Waals surface area contributed by atoms with E-state index in [2.05, 4.69) is 12.1 Å². The van der Waals surface area contributed by atoms with Gasteiger partial charge in [-0.1, -0.05) is 42.5 Å². The number of rotatable bonds is 5. The highest BCUT2D eigenvalue weighted by Gasteiger charge is 2.07. The summed E-state index contributed by atoms with van der Waals surface area (Å²) in [5, 5.41) is 18.4. The van der Waals surface area contributed by atoms with E-state index in [0.29, 0.717) is 0 Å². The molecule has 96 valence electrons. The Morgan fingerprint density at radius 1 is 1.11 bits per heavy atom. The zero-order chi connectivity index (χ0) is 13.5. The number of thioether (sulfide) groups is 1. The van der Waals surface area contributed by atoms with E-state index in [1.165, 1.54) is 5.56 Å². The molecule has 0 amide bonds. The van der Waals surface area contributed by atoms with Crippen LogP contribution in [0.15, 0.2) is 59.5 Å². The summed E-state index contributed by atoms with van der Waals surface area (Å²) in [5.74, 6) is 0.901. The van der Waals surface area contributed by atoms with E-state index in [0.717, 1.165) is 16.2 Å². The molecule has 0 spiro atoms. The van der Waals surface area contributed by atoms with Gasteiger partial charge in [0.1, 0.15) is 0 Å². The highest BCUT2D eigenvalue weighted by molar-refractivity contribution is 7.98. The molecule has 1 atom stereocenters. The molecule has 0 aliphatic rings. The van der Waals surface area contributed by atoms with Crippen molar-refractivity contribution in [2.75, 3.05) is 0 Å². The molecule has 19 heavy (non-hydrogen) atoms. The lowest BCUT2D eigenvalue weighted by molar-refractivity contribution is 0.183. The summed E-state index contributed by atoms with van der Waals surface area (Å²) in [4.78, 5) is 1.11. The lowest BCUT2D eigenvalue weighted by atomic mass is 10.1. The first kappa shape index (κ1) is 13.7. The Kier molecular flexibility index (Phi) is 5.02. The first-order valence-electron chi connectivity index (χ1n) is 6.11. The third-order valence-electron chi connectivity index (χ3n) is 2.78. The van der Waals surface area contributed by atoms with E-state index < -0.39 is 6.10 Å². The summed E-state index contributed by atoms with van der Waals surface area (Å²) in [6.07, 6.45) is -0.561. The third-order valence-corrected chi connectivity index (χ3v) is 3.84. The van der Waals surface area contributed by atoms with Gasteiger partial charge in [0.15, 0.2) is 0 Å². The molecule has 0 radical (unpaired) electrons. The highest BCUT2D eigenvalue weighted by Crippen LogP contribution is 2.26. The highest BCUT2D eigenvalue weighted by atomic mass is 32.2. The van der Waals surface area contributed by atoms with Crippen LogP contribution in [0.4, 0.5) is 0 Å². The maximum absolute atomic E-state index is 9.80. The zero-order valence-corrected chi connectivity index (χ0v) is 11.3. The van der Waals surface area contributed by atoms with Crippen molar-refractivity contribution in [3.63, 3.8) is 0 Å². The average molecular weight is 269 g/mol. The molecule has 0 heterocycles. The minimum absolute atomic E-state index is 0.132. The largest absolute Gasteiger partial charge is 0.387 e. The number of aliphatic hydroxyl groups excluding tert-OH is 1. The molecule has 0 bridgehead atoms. The lowest BCUT2D eigenvalue weighted by Gasteiger charge is -2.09. The van der Waals surface area contributed by atoms with Crippen LogP contribution in [0, 0.1) is 11.3 Å². The monoisotopic (exact) mass is 269 g/mol. The number of aliphatic hydroxyl groups is 1. The van der Waals surface area contributed by atoms with Crippen LogP contribution in [-0.4, -0.2) is 5.11 Å². The minimum Gasteiger partial charge on any atom is -0.387 e. The maximum atomic E-state index is 9.80. The summed E-state index contributed by atoms with van der Waals surface area (Å²) in [5.41, 5.74) is 2.08. The second-order valence-electron chi connectivity index (χ2n) is 4.22. The molecular weight excluding hydrogens is 254 g/mol. The Bertz CT molecular complexity index is 562. The number of hydrogen-bond donors (Lipinski definition) is 1. The number of hydrogen-bond acceptors (Lipinski definition) is 3. The van der Waals surface area contributed by atoms with Crippen molar-refractivity contribution in [1.82, 2.24) is 0 Å². The van der Waals surface area contributed by atoms with E-state index >= 15 is 0 Å². The van der Waals surface area contributed by atoms with E-state index in [1.54, 1.807) is 11.8 Å². The van der Waals surface area contributed by atoms with Crippen LogP contribution in [-0.2, 0) is 5.75 Å². The Labute approximate surface area is 117 Å². The van der Waals surface area contributed by atoms with Crippen molar-refractivity contribution in [2.45, 2.75) is 23.2 Å². The Balaban J connectivity index is 2.01. The fraction of sp³-hybridized carbons (Fsp3) is 0.188. The standard InChI is InChI=1S/C16H15NOS/c17-10-9-16(18)14-7-4-8-15(11-14)19-12-13-5-2-1-3-6-13/h1-8,11,16,18H,9,12H2. The van der Waals surface area contributed by atoms with Crippen LogP contribution < -0.4 is 0 Å². The molecule has 3 heteroatoms. The maximum Gasteiger partial charge on any atom is 0.0920 e. The summed E-state index contributed by atoms with van der Waals surface area (Å²) < 4.78 is 0. The predicted molar refractivity (Wildman–Crippen MR) is 77.6 cm³/mol. The van der Waals surface area contributed by atoms with E-state index in [1.807, 2.05) is 48.5 Å². The van der Waals surface area contributed by atoms with Crippen molar-refractivity contribution in [3.8, 4) is 6.07 Å². The van der Waals surface area contributed by atoms with Crippen molar-refractivity contribution in [2.24, 2.45) is 0 Å². The molecule has 2 rings (SSSR count). The van der Waals surface area contributed by atoms with E-state index in [4.69, 9.17) is 5.26 Å². The first-order valence-corrected chi connectivity index (χ1v) is 7.10. The Hall–Kier alpha value is -1.76. The lowest BCUT2D eigenvalue weighted by Crippen LogP contribution is -1.95. The van der Waals surface area contributed by atoms with Crippen molar-refractivity contribution in [1.29, 1.82) is 5.26 Å². The molecule has 1 N–H and O–H groups in total. The van der Waals surface area contributed by atoms with Gasteiger partial charge >= 0.3 is 0 Å². The van der Waals surface area contributed by atoms with Gasteiger partial charge in [-0.2, -0.15) is 5.26 Å². The van der Waals surface area contributed by atoms with Gasteiger partial charge in [0, 0.05) is 10.6 Å². The van der Waals surface area contributed by atoms with Gasteiger partial charge in [-0.15, -0.1) is 11.8 Å². The molecule has 0 saturated heterocycles. The smallest absolute Gasteiger partial charge is 0.0920 e. The van der Waals surface area contributed by atoms with Crippen LogP contribution in [0.3, 0.4) is 0 Å². The van der Waals surface area contributed by atoms with Gasteiger partial charge in [0.25, 0.3) is 0 Å². The second kappa shape index (κ2) is 6.98. The topological polar surface area (TPSA) is 44.0 Å². The van der Waals surface area contributed by atoms with Crippen LogP contribution in [0.5, 0.6) is 0 Å². The summed E-state index contributed by atoms with van der Waals surface area (Å²) in [6.45, 7) is 0. The quantitative estimate of drug-likeness (QED) is 0.836. The third kappa shape index (κ3) is 4.13. The summed E-state index contributed by atoms with van der Waals surface area (Å²) >= 11 is 1.73. The van der Waals surface area contributed by atoms with Gasteiger partial charge in [0.2, 0.25) is 0 Å². The molecule has 1 unspecified atom stereocenters. The van der Waals surface area contributed by atoms with Gasteiger partial charge < -0.3 is 5.11 Å². The molecule has 0 aliphatic heterocycles. The molecular formula is C16H15NOS. The Morgan fingerprint density at radius 3 is 2.63 bits per heavy atom. The van der Waals surface area contributed by atoms with E-state index in [9.17, 15) is 5.11 Å². The zero-order valence-electron chi connectivity index (χ0n) is 10.5. The van der Waals surface area contributed by atoms with Crippen molar-refractivity contribution < 1.29 is 5.11 Å². The number of nitrogens with zero attached hydrogens (tertiary/aromatic N) is 1. The fourth-order valence-corrected chi connectivity index (χ4v) is 2.68.